The number of ether oxygens (including phenoxy) is 1. The summed E-state index contributed by atoms with van der Waals surface area (Å²) in [6.07, 6.45) is 2.79. The molecule has 0 radical (unpaired) electrons. The van der Waals surface area contributed by atoms with Gasteiger partial charge < -0.3 is 9.64 Å². The van der Waals surface area contributed by atoms with Crippen LogP contribution in [0.3, 0.4) is 0 Å². The lowest BCUT2D eigenvalue weighted by Gasteiger charge is -2.28. The van der Waals surface area contributed by atoms with Crippen LogP contribution >= 0.6 is 11.6 Å². The zero-order valence-corrected chi connectivity index (χ0v) is 17.4. The molecule has 3 aromatic rings. The van der Waals surface area contributed by atoms with Crippen molar-refractivity contribution in [2.45, 2.75) is 31.5 Å². The van der Waals surface area contributed by atoms with Gasteiger partial charge in [-0.25, -0.2) is 9.59 Å². The highest BCUT2D eigenvalue weighted by atomic mass is 35.5. The van der Waals surface area contributed by atoms with E-state index in [0.717, 1.165) is 5.56 Å². The number of nitrogens with zero attached hydrogens (tertiary/aromatic N) is 3. The van der Waals surface area contributed by atoms with Gasteiger partial charge in [0.05, 0.1) is 11.1 Å². The molecule has 2 amide bonds. The largest absolute Gasteiger partial charge is 0.423 e. The van der Waals surface area contributed by atoms with Crippen LogP contribution in [0.4, 0.5) is 4.79 Å². The summed E-state index contributed by atoms with van der Waals surface area (Å²) in [5.41, 5.74) is 1.49. The summed E-state index contributed by atoms with van der Waals surface area (Å²) in [6, 6.07) is 15.5. The fourth-order valence-electron chi connectivity index (χ4n) is 4.13. The van der Waals surface area contributed by atoms with E-state index >= 15 is 0 Å². The fourth-order valence-corrected chi connectivity index (χ4v) is 4.35. The van der Waals surface area contributed by atoms with E-state index in [9.17, 15) is 9.59 Å². The number of urea groups is 1. The lowest BCUT2D eigenvalue weighted by Crippen LogP contribution is -2.46. The molecule has 8 heteroatoms. The van der Waals surface area contributed by atoms with E-state index in [0.29, 0.717) is 47.7 Å². The van der Waals surface area contributed by atoms with Crippen molar-refractivity contribution in [3.8, 4) is 5.75 Å². The number of esters is 1. The van der Waals surface area contributed by atoms with Crippen LogP contribution in [-0.2, 0) is 16.2 Å². The smallest absolute Gasteiger partial charge is 0.345 e. The van der Waals surface area contributed by atoms with Gasteiger partial charge in [0.2, 0.25) is 0 Å². The molecule has 0 aliphatic carbocycles. The molecule has 31 heavy (non-hydrogen) atoms. The average molecular weight is 438 g/mol. The molecular formula is C23H20ClN3O4. The van der Waals surface area contributed by atoms with Gasteiger partial charge in [0, 0.05) is 18.1 Å². The Morgan fingerprint density at radius 1 is 1.10 bits per heavy atom. The maximum Gasteiger partial charge on any atom is 0.345 e. The first kappa shape index (κ1) is 19.8. The van der Waals surface area contributed by atoms with Crippen LogP contribution in [-0.4, -0.2) is 45.6 Å². The first-order valence-corrected chi connectivity index (χ1v) is 10.5. The number of carbonyl (C=O) groups is 2. The monoisotopic (exact) mass is 437 g/mol. The average Bonchev–Trinajstić information content (AvgIpc) is 3.04. The maximum atomic E-state index is 13.0. The van der Waals surface area contributed by atoms with Crippen molar-refractivity contribution in [1.29, 1.82) is 0 Å². The molecule has 2 atom stereocenters. The normalized spacial score (nSPS) is 20.4. The van der Waals surface area contributed by atoms with Crippen LogP contribution in [0.2, 0.25) is 5.02 Å². The van der Waals surface area contributed by atoms with E-state index in [2.05, 4.69) is 4.98 Å². The number of hydrogen-bond acceptors (Lipinski definition) is 5. The fraction of sp³-hybridized carbons (Fsp3) is 0.261. The second-order valence-corrected chi connectivity index (χ2v) is 8.04. The van der Waals surface area contributed by atoms with Crippen LogP contribution in [0, 0.1) is 0 Å². The third kappa shape index (κ3) is 3.71. The number of rotatable bonds is 5. The van der Waals surface area contributed by atoms with Crippen molar-refractivity contribution in [2.24, 2.45) is 0 Å². The van der Waals surface area contributed by atoms with E-state index < -0.39 is 12.0 Å². The van der Waals surface area contributed by atoms with Crippen molar-refractivity contribution < 1.29 is 19.2 Å². The number of hydroxylamine groups is 2. The summed E-state index contributed by atoms with van der Waals surface area (Å²) in [7, 11) is 0. The summed E-state index contributed by atoms with van der Waals surface area (Å²) >= 11 is 6.22. The Morgan fingerprint density at radius 3 is 2.77 bits per heavy atom. The summed E-state index contributed by atoms with van der Waals surface area (Å²) in [5.74, 6) is -0.151. The minimum Gasteiger partial charge on any atom is -0.423 e. The van der Waals surface area contributed by atoms with Gasteiger partial charge in [0.25, 0.3) is 0 Å². The van der Waals surface area contributed by atoms with Crippen LogP contribution in [0.25, 0.3) is 10.9 Å². The first-order chi connectivity index (χ1) is 15.1. The Morgan fingerprint density at radius 2 is 1.94 bits per heavy atom. The number of carbonyl (C=O) groups excluding carboxylic acids is 2. The lowest BCUT2D eigenvalue weighted by molar-refractivity contribution is -0.141. The van der Waals surface area contributed by atoms with E-state index in [4.69, 9.17) is 21.2 Å². The van der Waals surface area contributed by atoms with Crippen LogP contribution in [0.5, 0.6) is 5.75 Å². The SMILES string of the molecule is O=C(Oc1ccc(Cl)c2cccnc12)[C@@H]1CC[C@@H]2CN1C(=O)N2OCc1ccccc1. The van der Waals surface area contributed by atoms with Crippen molar-refractivity contribution in [3.63, 3.8) is 0 Å². The quantitative estimate of drug-likeness (QED) is 0.442. The van der Waals surface area contributed by atoms with Gasteiger partial charge in [-0.3, -0.25) is 9.82 Å². The molecule has 0 spiro atoms. The first-order valence-electron chi connectivity index (χ1n) is 10.1. The zero-order valence-electron chi connectivity index (χ0n) is 16.6. The molecule has 2 saturated heterocycles. The predicted octanol–water partition coefficient (Wildman–Crippen LogP) is 4.19. The molecule has 2 bridgehead atoms. The molecule has 0 saturated carbocycles. The summed E-state index contributed by atoms with van der Waals surface area (Å²) in [5, 5.41) is 2.64. The van der Waals surface area contributed by atoms with Gasteiger partial charge in [-0.05, 0) is 42.7 Å². The third-order valence-corrected chi connectivity index (χ3v) is 6.03. The van der Waals surface area contributed by atoms with Crippen LogP contribution < -0.4 is 4.74 Å². The highest BCUT2D eigenvalue weighted by molar-refractivity contribution is 6.35. The summed E-state index contributed by atoms with van der Waals surface area (Å²) in [6.45, 7) is 0.738. The minimum atomic E-state index is -0.663. The number of aromatic nitrogens is 1. The van der Waals surface area contributed by atoms with Crippen LogP contribution in [0.1, 0.15) is 18.4 Å². The van der Waals surface area contributed by atoms with Gasteiger partial charge in [0.15, 0.2) is 5.75 Å². The van der Waals surface area contributed by atoms with Crippen molar-refractivity contribution in [1.82, 2.24) is 14.9 Å². The number of amides is 2. The number of hydrogen-bond donors (Lipinski definition) is 0. The number of piperidine rings is 1. The molecule has 158 valence electrons. The minimum absolute atomic E-state index is 0.0710. The Bertz CT molecular complexity index is 1140. The van der Waals surface area contributed by atoms with Gasteiger partial charge in [0.1, 0.15) is 18.2 Å². The second kappa shape index (κ2) is 8.17. The van der Waals surface area contributed by atoms with Crippen molar-refractivity contribution >= 4 is 34.5 Å². The zero-order chi connectivity index (χ0) is 21.4. The Labute approximate surface area is 184 Å². The van der Waals surface area contributed by atoms with E-state index in [-0.39, 0.29) is 12.1 Å². The molecule has 3 heterocycles. The highest BCUT2D eigenvalue weighted by Crippen LogP contribution is 2.33. The second-order valence-electron chi connectivity index (χ2n) is 7.63. The third-order valence-electron chi connectivity index (χ3n) is 5.70. The van der Waals surface area contributed by atoms with Gasteiger partial charge in [-0.1, -0.05) is 41.9 Å². The molecule has 0 N–H and O–H groups in total. The van der Waals surface area contributed by atoms with Crippen LogP contribution in [0.15, 0.2) is 60.8 Å². The Hall–Kier alpha value is -3.16. The lowest BCUT2D eigenvalue weighted by atomic mass is 10.0. The summed E-state index contributed by atoms with van der Waals surface area (Å²) in [4.78, 5) is 37.5. The number of benzene rings is 2. The van der Waals surface area contributed by atoms with E-state index in [1.807, 2.05) is 36.4 Å². The number of fused-ring (bicyclic) bond motifs is 3. The molecule has 7 nitrogen and oxygen atoms in total. The Balaban J connectivity index is 1.30. The molecule has 0 unspecified atom stereocenters. The number of halogens is 1. The van der Waals surface area contributed by atoms with Gasteiger partial charge in [-0.2, -0.15) is 5.06 Å². The highest BCUT2D eigenvalue weighted by Gasteiger charge is 2.48. The van der Waals surface area contributed by atoms with E-state index in [1.54, 1.807) is 24.4 Å². The van der Waals surface area contributed by atoms with E-state index in [1.165, 1.54) is 9.96 Å². The molecule has 5 rings (SSSR count). The maximum absolute atomic E-state index is 13.0. The molecule has 2 aliphatic heterocycles. The standard InChI is InChI=1S/C23H20ClN3O4/c24-18-9-11-20(21-17(18)7-4-12-25-21)31-22(28)19-10-8-16-13-26(19)23(29)27(16)30-14-15-5-2-1-3-6-15/h1-7,9,11-12,16,19H,8,10,13-14H2/t16-,19+/m1/s1. The van der Waals surface area contributed by atoms with Gasteiger partial charge in [-0.15, -0.1) is 0 Å². The topological polar surface area (TPSA) is 72.0 Å². The Kier molecular flexibility index (Phi) is 5.21. The van der Waals surface area contributed by atoms with Gasteiger partial charge >= 0.3 is 12.0 Å². The number of pyridine rings is 1. The predicted molar refractivity (Wildman–Crippen MR) is 114 cm³/mol. The molecule has 2 fully saturated rings. The molecule has 2 aromatic carbocycles. The van der Waals surface area contributed by atoms with Crippen molar-refractivity contribution in [2.75, 3.05) is 6.54 Å². The molecule has 2 aliphatic rings. The summed E-state index contributed by atoms with van der Waals surface area (Å²) < 4.78 is 5.67. The van der Waals surface area contributed by atoms with Crippen molar-refractivity contribution in [3.05, 3.63) is 71.4 Å². The molecular weight excluding hydrogens is 418 g/mol. The molecule has 1 aromatic heterocycles.